The van der Waals surface area contributed by atoms with Gasteiger partial charge in [0.2, 0.25) is 0 Å². The molecule has 0 saturated carbocycles. The first-order valence-corrected chi connectivity index (χ1v) is 8.65. The molecule has 2 rings (SSSR count). The topological polar surface area (TPSA) is 71.1 Å². The third-order valence-corrected chi connectivity index (χ3v) is 3.66. The summed E-state index contributed by atoms with van der Waals surface area (Å²) in [6.07, 6.45) is 0. The molecule has 0 aromatic heterocycles. The Balaban J connectivity index is 2.02. The van der Waals surface area contributed by atoms with Gasteiger partial charge in [-0.15, -0.1) is 0 Å². The molecule has 6 heteroatoms. The monoisotopic (exact) mass is 372 g/mol. The molecule has 0 fully saturated rings. The van der Waals surface area contributed by atoms with Crippen LogP contribution < -0.4 is 9.47 Å². The predicted octanol–water partition coefficient (Wildman–Crippen LogP) is 3.58. The number of carbonyl (C=O) groups excluding carboxylic acids is 2. The molecule has 27 heavy (non-hydrogen) atoms. The third-order valence-electron chi connectivity index (χ3n) is 3.66. The Hall–Kier alpha value is -3.02. The van der Waals surface area contributed by atoms with Gasteiger partial charge in [0.1, 0.15) is 37.9 Å². The molecule has 0 saturated heterocycles. The molecule has 0 heterocycles. The van der Waals surface area contributed by atoms with Gasteiger partial charge in [0.15, 0.2) is 0 Å². The summed E-state index contributed by atoms with van der Waals surface area (Å²) < 4.78 is 21.7. The van der Waals surface area contributed by atoms with Crippen molar-refractivity contribution in [3.05, 3.63) is 59.2 Å². The lowest BCUT2D eigenvalue weighted by Gasteiger charge is -2.16. The van der Waals surface area contributed by atoms with Crippen molar-refractivity contribution >= 4 is 11.9 Å². The van der Waals surface area contributed by atoms with Crippen molar-refractivity contribution in [2.45, 2.75) is 34.0 Å². The van der Waals surface area contributed by atoms with Gasteiger partial charge in [-0.1, -0.05) is 35.9 Å². The number of hydrogen-bond acceptors (Lipinski definition) is 6. The average Bonchev–Trinajstić information content (AvgIpc) is 2.64. The van der Waals surface area contributed by atoms with Crippen molar-refractivity contribution in [3.8, 4) is 11.5 Å². The van der Waals surface area contributed by atoms with E-state index in [1.165, 1.54) is 13.8 Å². The minimum Gasteiger partial charge on any atom is -0.490 e. The molecular weight excluding hydrogens is 348 g/mol. The minimum absolute atomic E-state index is 0.0808. The Labute approximate surface area is 159 Å². The number of aryl methyl sites for hydroxylation is 1. The van der Waals surface area contributed by atoms with Gasteiger partial charge in [-0.2, -0.15) is 0 Å². The number of para-hydroxylation sites is 1. The Kier molecular flexibility index (Phi) is 7.67. The zero-order chi connectivity index (χ0) is 19.6. The predicted molar refractivity (Wildman–Crippen MR) is 99.6 cm³/mol. The smallest absolute Gasteiger partial charge is 0.302 e. The minimum atomic E-state index is -0.381. The second kappa shape index (κ2) is 10.2. The van der Waals surface area contributed by atoms with Gasteiger partial charge in [-0.05, 0) is 19.1 Å². The Bertz CT molecular complexity index is 730. The van der Waals surface area contributed by atoms with Crippen LogP contribution >= 0.6 is 0 Å². The second-order valence-electron chi connectivity index (χ2n) is 5.98. The van der Waals surface area contributed by atoms with Crippen molar-refractivity contribution in [3.63, 3.8) is 0 Å². The summed E-state index contributed by atoms with van der Waals surface area (Å²) in [6.45, 7) is 5.50. The summed E-state index contributed by atoms with van der Waals surface area (Å²) in [5, 5.41) is 0. The van der Waals surface area contributed by atoms with E-state index in [1.807, 2.05) is 31.2 Å². The summed E-state index contributed by atoms with van der Waals surface area (Å²) in [4.78, 5) is 22.2. The molecule has 0 aliphatic heterocycles. The largest absolute Gasteiger partial charge is 0.490 e. The lowest BCUT2D eigenvalue weighted by atomic mass is 10.1. The van der Waals surface area contributed by atoms with Crippen LogP contribution in [0.4, 0.5) is 0 Å². The zero-order valence-corrected chi connectivity index (χ0v) is 15.8. The summed E-state index contributed by atoms with van der Waals surface area (Å²) in [7, 11) is 0. The van der Waals surface area contributed by atoms with Gasteiger partial charge in [0, 0.05) is 25.0 Å². The van der Waals surface area contributed by atoms with E-state index in [0.29, 0.717) is 23.5 Å². The molecule has 0 aliphatic carbocycles. The van der Waals surface area contributed by atoms with Crippen molar-refractivity contribution in [2.24, 2.45) is 0 Å². The Morgan fingerprint density at radius 3 is 1.81 bits per heavy atom. The van der Waals surface area contributed by atoms with Crippen LogP contribution in [0.1, 0.15) is 30.5 Å². The first-order valence-electron chi connectivity index (χ1n) is 8.65. The van der Waals surface area contributed by atoms with Crippen LogP contribution in [0.25, 0.3) is 0 Å². The van der Waals surface area contributed by atoms with E-state index in [0.717, 1.165) is 11.3 Å². The van der Waals surface area contributed by atoms with Gasteiger partial charge in [-0.25, -0.2) is 0 Å². The van der Waals surface area contributed by atoms with Gasteiger partial charge in [-0.3, -0.25) is 9.59 Å². The van der Waals surface area contributed by atoms with Gasteiger partial charge in [0.25, 0.3) is 0 Å². The third kappa shape index (κ3) is 7.01. The van der Waals surface area contributed by atoms with Gasteiger partial charge in [0.05, 0.1) is 0 Å². The quantitative estimate of drug-likeness (QED) is 0.495. The molecule has 0 radical (unpaired) electrons. The number of esters is 2. The molecule has 0 N–H and O–H groups in total. The lowest BCUT2D eigenvalue weighted by Crippen LogP contribution is -2.13. The molecule has 0 spiro atoms. The maximum absolute atomic E-state index is 11.1. The van der Waals surface area contributed by atoms with Crippen molar-refractivity contribution in [2.75, 3.05) is 13.2 Å². The maximum atomic E-state index is 11.1. The summed E-state index contributed by atoms with van der Waals surface area (Å²) in [5.74, 6) is 0.535. The van der Waals surface area contributed by atoms with Gasteiger partial charge < -0.3 is 18.9 Å². The van der Waals surface area contributed by atoms with Crippen molar-refractivity contribution in [1.29, 1.82) is 0 Å². The number of hydrogen-bond donors (Lipinski definition) is 0. The average molecular weight is 372 g/mol. The van der Waals surface area contributed by atoms with Crippen molar-refractivity contribution in [1.82, 2.24) is 0 Å². The molecule has 144 valence electrons. The fourth-order valence-corrected chi connectivity index (χ4v) is 2.35. The molecular formula is C21H24O6. The highest BCUT2D eigenvalue weighted by Crippen LogP contribution is 2.26. The van der Waals surface area contributed by atoms with Crippen LogP contribution in [-0.2, 0) is 32.3 Å². The highest BCUT2D eigenvalue weighted by atomic mass is 16.5. The molecule has 2 aromatic carbocycles. The molecule has 6 nitrogen and oxygen atoms in total. The first-order chi connectivity index (χ1) is 13.0. The summed E-state index contributed by atoms with van der Waals surface area (Å²) >= 11 is 0. The van der Waals surface area contributed by atoms with E-state index < -0.39 is 0 Å². The lowest BCUT2D eigenvalue weighted by molar-refractivity contribution is -0.142. The van der Waals surface area contributed by atoms with E-state index >= 15 is 0 Å². The van der Waals surface area contributed by atoms with Crippen LogP contribution in [0.15, 0.2) is 42.5 Å². The van der Waals surface area contributed by atoms with Crippen LogP contribution in [0, 0.1) is 6.92 Å². The number of carbonyl (C=O) groups is 2. The van der Waals surface area contributed by atoms with E-state index in [1.54, 1.807) is 18.2 Å². The SMILES string of the molecule is CC(=O)OCc1cccc(COC(C)=O)c1OCCOc1ccc(C)cc1. The van der Waals surface area contributed by atoms with Gasteiger partial charge >= 0.3 is 11.9 Å². The van der Waals surface area contributed by atoms with Crippen LogP contribution in [0.2, 0.25) is 0 Å². The normalized spacial score (nSPS) is 10.2. The highest BCUT2D eigenvalue weighted by Gasteiger charge is 2.12. The van der Waals surface area contributed by atoms with Crippen LogP contribution in [-0.4, -0.2) is 25.2 Å². The molecule has 0 bridgehead atoms. The molecule has 2 aromatic rings. The van der Waals surface area contributed by atoms with Crippen molar-refractivity contribution < 1.29 is 28.5 Å². The first kappa shape index (κ1) is 20.3. The molecule has 0 atom stereocenters. The fraction of sp³-hybridized carbons (Fsp3) is 0.333. The number of benzene rings is 2. The van der Waals surface area contributed by atoms with Crippen LogP contribution in [0.5, 0.6) is 11.5 Å². The van der Waals surface area contributed by atoms with E-state index in [9.17, 15) is 9.59 Å². The Morgan fingerprint density at radius 2 is 1.30 bits per heavy atom. The van der Waals surface area contributed by atoms with E-state index in [2.05, 4.69) is 0 Å². The standard InChI is InChI=1S/C21H24O6/c1-15-7-9-20(10-8-15)24-11-12-25-21-18(13-26-16(2)22)5-4-6-19(21)14-27-17(3)23/h4-10H,11-14H2,1-3H3. The molecule has 0 unspecified atom stereocenters. The Morgan fingerprint density at radius 1 is 0.778 bits per heavy atom. The van der Waals surface area contributed by atoms with E-state index in [-0.39, 0.29) is 31.8 Å². The fourth-order valence-electron chi connectivity index (χ4n) is 2.35. The molecule has 0 aliphatic rings. The van der Waals surface area contributed by atoms with E-state index in [4.69, 9.17) is 18.9 Å². The molecule has 0 amide bonds. The zero-order valence-electron chi connectivity index (χ0n) is 15.8. The summed E-state index contributed by atoms with van der Waals surface area (Å²) in [6, 6.07) is 13.1. The highest BCUT2D eigenvalue weighted by molar-refractivity contribution is 5.66. The summed E-state index contributed by atoms with van der Waals surface area (Å²) in [5.41, 5.74) is 2.56. The number of rotatable bonds is 9. The second-order valence-corrected chi connectivity index (χ2v) is 5.98. The maximum Gasteiger partial charge on any atom is 0.302 e. The number of ether oxygens (including phenoxy) is 4. The van der Waals surface area contributed by atoms with Crippen LogP contribution in [0.3, 0.4) is 0 Å².